The summed E-state index contributed by atoms with van der Waals surface area (Å²) in [5, 5.41) is 0. The molecule has 1 saturated heterocycles. The molecule has 0 radical (unpaired) electrons. The Kier molecular flexibility index (Phi) is 4.83. The van der Waals surface area contributed by atoms with E-state index in [4.69, 9.17) is 10.5 Å². The van der Waals surface area contributed by atoms with Crippen molar-refractivity contribution < 1.29 is 9.53 Å². The summed E-state index contributed by atoms with van der Waals surface area (Å²) >= 11 is 0. The molecule has 8 nitrogen and oxygen atoms in total. The number of H-pyrrole nitrogens is 1. The summed E-state index contributed by atoms with van der Waals surface area (Å²) in [6.45, 7) is 1.04. The highest BCUT2D eigenvalue weighted by Gasteiger charge is 2.23. The van der Waals surface area contributed by atoms with Gasteiger partial charge < -0.3 is 15.5 Å². The highest BCUT2D eigenvalue weighted by atomic mass is 16.5. The molecule has 1 fully saturated rings. The summed E-state index contributed by atoms with van der Waals surface area (Å²) in [6, 6.07) is 17.7. The van der Waals surface area contributed by atoms with Crippen LogP contribution in [0.1, 0.15) is 23.3 Å². The number of nitrogens with zero attached hydrogens (tertiary/aromatic N) is 3. The van der Waals surface area contributed by atoms with Crippen LogP contribution in [0.3, 0.4) is 0 Å². The van der Waals surface area contributed by atoms with E-state index in [-0.39, 0.29) is 23.0 Å². The fraction of sp³-hybridized carbons (Fsp3) is 0.217. The molecule has 1 atom stereocenters. The Morgan fingerprint density at radius 1 is 1.06 bits per heavy atom. The number of hydrogen-bond acceptors (Lipinski definition) is 5. The Hall–Kier alpha value is -3.78. The Bertz CT molecular complexity index is 1300. The lowest BCUT2D eigenvalue weighted by Crippen LogP contribution is -2.24. The third-order valence-corrected chi connectivity index (χ3v) is 5.52. The van der Waals surface area contributed by atoms with E-state index in [0.29, 0.717) is 24.6 Å². The van der Waals surface area contributed by atoms with Gasteiger partial charge in [-0.1, -0.05) is 54.6 Å². The number of carbonyl (C=O) groups excluding carboxylic acids is 1. The highest BCUT2D eigenvalue weighted by Crippen LogP contribution is 2.25. The van der Waals surface area contributed by atoms with Crippen LogP contribution in [-0.4, -0.2) is 38.1 Å². The number of amides is 1. The van der Waals surface area contributed by atoms with E-state index in [1.54, 1.807) is 0 Å². The van der Waals surface area contributed by atoms with Crippen molar-refractivity contribution in [3.8, 4) is 22.5 Å². The number of rotatable bonds is 5. The number of aromatic nitrogens is 4. The molecule has 0 saturated carbocycles. The summed E-state index contributed by atoms with van der Waals surface area (Å²) in [6.07, 6.45) is 1.78. The van der Waals surface area contributed by atoms with E-state index in [1.807, 2.05) is 54.6 Å². The normalized spacial score (nSPS) is 16.1. The lowest BCUT2D eigenvalue weighted by Gasteiger charge is -2.11. The number of nitrogens with one attached hydrogen (secondary N) is 1. The summed E-state index contributed by atoms with van der Waals surface area (Å²) in [4.78, 5) is 36.3. The van der Waals surface area contributed by atoms with Gasteiger partial charge in [-0.2, -0.15) is 0 Å². The number of ether oxygens (including phenoxy) is 1. The second-order valence-corrected chi connectivity index (χ2v) is 7.58. The van der Waals surface area contributed by atoms with Crippen LogP contribution < -0.4 is 11.4 Å². The lowest BCUT2D eigenvalue weighted by molar-refractivity contribution is 0.0970. The van der Waals surface area contributed by atoms with Crippen LogP contribution in [0.25, 0.3) is 33.7 Å². The number of benzene rings is 2. The molecule has 1 amide bonds. The van der Waals surface area contributed by atoms with Crippen molar-refractivity contribution >= 4 is 17.1 Å². The van der Waals surface area contributed by atoms with Crippen LogP contribution in [0, 0.1) is 0 Å². The van der Waals surface area contributed by atoms with Crippen LogP contribution in [0.15, 0.2) is 59.4 Å². The predicted molar refractivity (Wildman–Crippen MR) is 117 cm³/mol. The number of aromatic amines is 1. The molecule has 8 heteroatoms. The maximum atomic E-state index is 12.6. The average molecular weight is 415 g/mol. The molecule has 3 heterocycles. The molecule has 1 aliphatic rings. The van der Waals surface area contributed by atoms with Crippen molar-refractivity contribution in [2.75, 3.05) is 6.61 Å². The molecule has 4 aromatic rings. The van der Waals surface area contributed by atoms with Crippen molar-refractivity contribution in [3.05, 3.63) is 70.8 Å². The molecule has 2 aromatic carbocycles. The minimum Gasteiger partial charge on any atom is -0.376 e. The van der Waals surface area contributed by atoms with Crippen LogP contribution in [0.5, 0.6) is 0 Å². The van der Waals surface area contributed by atoms with Gasteiger partial charge in [-0.25, -0.2) is 14.8 Å². The molecular formula is C23H21N5O3. The summed E-state index contributed by atoms with van der Waals surface area (Å²) in [5.41, 5.74) is 8.67. The summed E-state index contributed by atoms with van der Waals surface area (Å²) < 4.78 is 7.17. The van der Waals surface area contributed by atoms with Gasteiger partial charge in [-0.05, 0) is 24.0 Å². The highest BCUT2D eigenvalue weighted by molar-refractivity contribution is 6.01. The van der Waals surface area contributed by atoms with Crippen molar-refractivity contribution in [2.45, 2.75) is 25.5 Å². The molecule has 2 aromatic heterocycles. The van der Waals surface area contributed by atoms with Gasteiger partial charge in [0, 0.05) is 12.2 Å². The summed E-state index contributed by atoms with van der Waals surface area (Å²) in [5.74, 6) is -0.388. The maximum Gasteiger partial charge on any atom is 0.327 e. The van der Waals surface area contributed by atoms with Crippen molar-refractivity contribution in [3.63, 3.8) is 0 Å². The first-order valence-electron chi connectivity index (χ1n) is 10.2. The van der Waals surface area contributed by atoms with E-state index in [2.05, 4.69) is 15.0 Å². The van der Waals surface area contributed by atoms with Crippen LogP contribution in [-0.2, 0) is 11.3 Å². The average Bonchev–Trinajstić information content (AvgIpc) is 3.42. The molecule has 0 bridgehead atoms. The predicted octanol–water partition coefficient (Wildman–Crippen LogP) is 2.73. The largest absolute Gasteiger partial charge is 0.376 e. The Labute approximate surface area is 177 Å². The smallest absolute Gasteiger partial charge is 0.327 e. The molecular weight excluding hydrogens is 394 g/mol. The molecule has 31 heavy (non-hydrogen) atoms. The quantitative estimate of drug-likeness (QED) is 0.520. The van der Waals surface area contributed by atoms with Crippen LogP contribution >= 0.6 is 0 Å². The first-order chi connectivity index (χ1) is 15.1. The van der Waals surface area contributed by atoms with Gasteiger partial charge >= 0.3 is 5.69 Å². The number of imidazole rings is 1. The van der Waals surface area contributed by atoms with Gasteiger partial charge in [0.15, 0.2) is 17.2 Å². The fourth-order valence-corrected chi connectivity index (χ4v) is 3.94. The summed E-state index contributed by atoms with van der Waals surface area (Å²) in [7, 11) is 0. The Morgan fingerprint density at radius 3 is 2.45 bits per heavy atom. The number of primary amides is 1. The van der Waals surface area contributed by atoms with Gasteiger partial charge in [0.2, 0.25) is 0 Å². The third kappa shape index (κ3) is 3.62. The van der Waals surface area contributed by atoms with Crippen LogP contribution in [0.2, 0.25) is 0 Å². The number of hydrogen-bond donors (Lipinski definition) is 2. The molecule has 0 unspecified atom stereocenters. The van der Waals surface area contributed by atoms with E-state index < -0.39 is 5.91 Å². The zero-order valence-corrected chi connectivity index (χ0v) is 16.7. The standard InChI is InChI=1S/C23H21N5O3/c24-20(29)18-19-22(28(23(30)26-19)13-17-7-4-12-31-17)27-21(25-18)16-10-8-15(9-11-16)14-5-2-1-3-6-14/h1-3,5-6,8-11,17H,4,7,12-13H2,(H2,24,29)(H,26,30)/t17-/m1/s1. The topological polar surface area (TPSA) is 116 Å². The monoisotopic (exact) mass is 415 g/mol. The van der Waals surface area contributed by atoms with Gasteiger partial charge in [-0.3, -0.25) is 9.36 Å². The van der Waals surface area contributed by atoms with Crippen molar-refractivity contribution in [1.29, 1.82) is 0 Å². The lowest BCUT2D eigenvalue weighted by atomic mass is 10.0. The minimum atomic E-state index is -0.722. The first-order valence-corrected chi connectivity index (χ1v) is 10.2. The van der Waals surface area contributed by atoms with Gasteiger partial charge in [0.1, 0.15) is 5.52 Å². The van der Waals surface area contributed by atoms with E-state index in [0.717, 1.165) is 29.5 Å². The minimum absolute atomic E-state index is 0.00433. The van der Waals surface area contributed by atoms with Crippen LogP contribution in [0.4, 0.5) is 0 Å². The molecule has 0 aliphatic carbocycles. The third-order valence-electron chi connectivity index (χ3n) is 5.52. The first kappa shape index (κ1) is 19.2. The zero-order valence-electron chi connectivity index (χ0n) is 16.7. The van der Waals surface area contributed by atoms with Gasteiger partial charge in [0.05, 0.1) is 12.6 Å². The fourth-order valence-electron chi connectivity index (χ4n) is 3.94. The molecule has 1 aliphatic heterocycles. The molecule has 156 valence electrons. The van der Waals surface area contributed by atoms with E-state index in [9.17, 15) is 9.59 Å². The second kappa shape index (κ2) is 7.81. The van der Waals surface area contributed by atoms with Crippen molar-refractivity contribution in [2.24, 2.45) is 5.73 Å². The Balaban J connectivity index is 1.60. The number of nitrogens with two attached hydrogens (primary N) is 1. The van der Waals surface area contributed by atoms with Gasteiger partial charge in [0.25, 0.3) is 5.91 Å². The molecule has 3 N–H and O–H groups in total. The molecule has 5 rings (SSSR count). The Morgan fingerprint density at radius 2 is 1.77 bits per heavy atom. The van der Waals surface area contributed by atoms with Gasteiger partial charge in [-0.15, -0.1) is 0 Å². The number of fused-ring (bicyclic) bond motifs is 1. The second-order valence-electron chi connectivity index (χ2n) is 7.58. The molecule has 0 spiro atoms. The van der Waals surface area contributed by atoms with E-state index in [1.165, 1.54) is 4.57 Å². The number of carbonyl (C=O) groups is 1. The van der Waals surface area contributed by atoms with Crippen molar-refractivity contribution in [1.82, 2.24) is 19.5 Å². The zero-order chi connectivity index (χ0) is 21.4. The maximum absolute atomic E-state index is 12.6. The van der Waals surface area contributed by atoms with E-state index >= 15 is 0 Å². The SMILES string of the molecule is NC(=O)c1nc(-c2ccc(-c3ccccc3)cc2)nc2c1[nH]c(=O)n2C[C@H]1CCCO1.